The van der Waals surface area contributed by atoms with Crippen molar-refractivity contribution in [2.45, 2.75) is 38.6 Å². The molecule has 0 atom stereocenters. The van der Waals surface area contributed by atoms with Gasteiger partial charge in [0.05, 0.1) is 5.69 Å². The van der Waals surface area contributed by atoms with Gasteiger partial charge in [0.1, 0.15) is 18.4 Å². The molecule has 1 aliphatic heterocycles. The standard InChI is InChI=1S/C22H28N6O2/c29-21(23-11-8-14-26-12-6-1-2-7-13-26)16-27-22(30)20-15-19(25-28(20)17-24-27)18-9-4-3-5-10-18/h3-5,9-10,15,17H,1-2,6-8,11-14,16H2,(H,23,29). The third-order valence-electron chi connectivity index (χ3n) is 5.52. The Kier molecular flexibility index (Phi) is 6.53. The Morgan fingerprint density at radius 2 is 1.83 bits per heavy atom. The maximum Gasteiger partial charge on any atom is 0.293 e. The fraction of sp³-hybridized carbons (Fsp3) is 0.455. The van der Waals surface area contributed by atoms with Gasteiger partial charge in [-0.2, -0.15) is 10.2 Å². The molecule has 8 nitrogen and oxygen atoms in total. The van der Waals surface area contributed by atoms with Crippen LogP contribution in [0.15, 0.2) is 47.5 Å². The zero-order chi connectivity index (χ0) is 20.8. The average molecular weight is 409 g/mol. The van der Waals surface area contributed by atoms with Crippen LogP contribution in [0.3, 0.4) is 0 Å². The number of nitrogens with zero attached hydrogens (tertiary/aromatic N) is 5. The fourth-order valence-corrected chi connectivity index (χ4v) is 3.88. The molecule has 1 fully saturated rings. The number of hydrogen-bond acceptors (Lipinski definition) is 5. The molecule has 0 aliphatic carbocycles. The first-order valence-corrected chi connectivity index (χ1v) is 10.7. The maximum absolute atomic E-state index is 12.7. The highest BCUT2D eigenvalue weighted by Crippen LogP contribution is 2.17. The van der Waals surface area contributed by atoms with Gasteiger partial charge in [-0.1, -0.05) is 43.2 Å². The summed E-state index contributed by atoms with van der Waals surface area (Å²) in [6.07, 6.45) is 7.56. The van der Waals surface area contributed by atoms with Crippen LogP contribution in [-0.2, 0) is 11.3 Å². The van der Waals surface area contributed by atoms with Gasteiger partial charge in [-0.3, -0.25) is 9.59 Å². The fourth-order valence-electron chi connectivity index (χ4n) is 3.88. The number of hydrogen-bond donors (Lipinski definition) is 1. The molecular formula is C22H28N6O2. The molecule has 4 rings (SSSR count). The summed E-state index contributed by atoms with van der Waals surface area (Å²) in [7, 11) is 0. The molecule has 0 unspecified atom stereocenters. The van der Waals surface area contributed by atoms with Crippen LogP contribution in [0, 0.1) is 0 Å². The van der Waals surface area contributed by atoms with Crippen LogP contribution in [-0.4, -0.2) is 56.4 Å². The number of likely N-dealkylation sites (tertiary alicyclic amines) is 1. The van der Waals surface area contributed by atoms with E-state index in [-0.39, 0.29) is 18.0 Å². The first-order valence-electron chi connectivity index (χ1n) is 10.7. The SMILES string of the molecule is O=C(Cn1ncn2nc(-c3ccccc3)cc2c1=O)NCCCN1CCCCCC1. The minimum absolute atomic E-state index is 0.0924. The molecule has 2 aromatic heterocycles. The number of carbonyl (C=O) groups excluding carboxylic acids is 1. The molecule has 0 bridgehead atoms. The van der Waals surface area contributed by atoms with E-state index in [1.165, 1.54) is 41.2 Å². The topological polar surface area (TPSA) is 84.5 Å². The zero-order valence-corrected chi connectivity index (χ0v) is 17.2. The first-order chi connectivity index (χ1) is 14.7. The van der Waals surface area contributed by atoms with Gasteiger partial charge in [-0.15, -0.1) is 0 Å². The largest absolute Gasteiger partial charge is 0.354 e. The van der Waals surface area contributed by atoms with E-state index < -0.39 is 0 Å². The van der Waals surface area contributed by atoms with Gasteiger partial charge >= 0.3 is 0 Å². The number of fused-ring (bicyclic) bond motifs is 1. The molecule has 1 aromatic carbocycles. The molecular weight excluding hydrogens is 380 g/mol. The number of rotatable bonds is 7. The Morgan fingerprint density at radius 1 is 1.07 bits per heavy atom. The van der Waals surface area contributed by atoms with Crippen molar-refractivity contribution in [1.82, 2.24) is 29.6 Å². The van der Waals surface area contributed by atoms with Crippen molar-refractivity contribution in [3.05, 3.63) is 53.1 Å². The van der Waals surface area contributed by atoms with E-state index in [0.29, 0.717) is 17.8 Å². The Labute approximate surface area is 175 Å². The van der Waals surface area contributed by atoms with Crippen molar-refractivity contribution in [3.63, 3.8) is 0 Å². The summed E-state index contributed by atoms with van der Waals surface area (Å²) in [4.78, 5) is 27.5. The van der Waals surface area contributed by atoms with E-state index in [9.17, 15) is 9.59 Å². The van der Waals surface area contributed by atoms with Crippen molar-refractivity contribution in [3.8, 4) is 11.3 Å². The van der Waals surface area contributed by atoms with Crippen LogP contribution < -0.4 is 10.9 Å². The number of benzene rings is 1. The summed E-state index contributed by atoms with van der Waals surface area (Å²) in [5.41, 5.74) is 1.70. The Balaban J connectivity index is 1.33. The quantitative estimate of drug-likeness (QED) is 0.604. The molecule has 1 amide bonds. The van der Waals surface area contributed by atoms with Crippen LogP contribution in [0.5, 0.6) is 0 Å². The van der Waals surface area contributed by atoms with Gasteiger partial charge in [0.15, 0.2) is 0 Å². The Bertz CT molecular complexity index is 1030. The van der Waals surface area contributed by atoms with Gasteiger partial charge in [-0.05, 0) is 45.0 Å². The number of aromatic nitrogens is 4. The normalized spacial score (nSPS) is 15.2. The van der Waals surface area contributed by atoms with Crippen molar-refractivity contribution in [2.75, 3.05) is 26.2 Å². The summed E-state index contributed by atoms with van der Waals surface area (Å²) >= 11 is 0. The molecule has 8 heteroatoms. The minimum Gasteiger partial charge on any atom is -0.354 e. The van der Waals surface area contributed by atoms with Crippen LogP contribution in [0.4, 0.5) is 0 Å². The predicted octanol–water partition coefficient (Wildman–Crippen LogP) is 1.94. The van der Waals surface area contributed by atoms with Crippen LogP contribution in [0.2, 0.25) is 0 Å². The summed E-state index contributed by atoms with van der Waals surface area (Å²) in [5.74, 6) is -0.201. The predicted molar refractivity (Wildman–Crippen MR) is 115 cm³/mol. The third kappa shape index (κ3) is 4.94. The molecule has 1 saturated heterocycles. The lowest BCUT2D eigenvalue weighted by atomic mass is 10.1. The number of nitrogens with one attached hydrogen (secondary N) is 1. The second-order valence-corrected chi connectivity index (χ2v) is 7.78. The summed E-state index contributed by atoms with van der Waals surface area (Å²) in [6, 6.07) is 11.4. The monoisotopic (exact) mass is 408 g/mol. The van der Waals surface area contributed by atoms with Gasteiger partial charge in [0.2, 0.25) is 5.91 Å². The van der Waals surface area contributed by atoms with Crippen molar-refractivity contribution in [2.24, 2.45) is 0 Å². The van der Waals surface area contributed by atoms with Gasteiger partial charge in [0, 0.05) is 12.1 Å². The molecule has 30 heavy (non-hydrogen) atoms. The van der Waals surface area contributed by atoms with Crippen molar-refractivity contribution >= 4 is 11.4 Å². The average Bonchev–Trinajstić information content (AvgIpc) is 3.04. The lowest BCUT2D eigenvalue weighted by Gasteiger charge is -2.19. The highest BCUT2D eigenvalue weighted by atomic mass is 16.2. The zero-order valence-electron chi connectivity index (χ0n) is 17.2. The molecule has 3 heterocycles. The minimum atomic E-state index is -0.327. The van der Waals surface area contributed by atoms with Crippen molar-refractivity contribution in [1.29, 1.82) is 0 Å². The lowest BCUT2D eigenvalue weighted by molar-refractivity contribution is -0.121. The van der Waals surface area contributed by atoms with Crippen molar-refractivity contribution < 1.29 is 4.79 Å². The number of amides is 1. The summed E-state index contributed by atoms with van der Waals surface area (Å²) in [6.45, 7) is 3.83. The molecule has 1 aliphatic rings. The Hall–Kier alpha value is -3.00. The van der Waals surface area contributed by atoms with E-state index >= 15 is 0 Å². The lowest BCUT2D eigenvalue weighted by Crippen LogP contribution is -2.36. The maximum atomic E-state index is 12.7. The molecule has 0 radical (unpaired) electrons. The smallest absolute Gasteiger partial charge is 0.293 e. The van der Waals surface area contributed by atoms with Crippen LogP contribution >= 0.6 is 0 Å². The highest BCUT2D eigenvalue weighted by molar-refractivity contribution is 5.75. The number of carbonyl (C=O) groups is 1. The Morgan fingerprint density at radius 3 is 2.60 bits per heavy atom. The van der Waals surface area contributed by atoms with Gasteiger partial charge < -0.3 is 10.2 Å². The second kappa shape index (κ2) is 9.67. The van der Waals surface area contributed by atoms with E-state index in [4.69, 9.17) is 0 Å². The molecule has 3 aromatic rings. The molecule has 0 spiro atoms. The highest BCUT2D eigenvalue weighted by Gasteiger charge is 2.13. The van der Waals surface area contributed by atoms with E-state index in [0.717, 1.165) is 31.6 Å². The van der Waals surface area contributed by atoms with Gasteiger partial charge in [0.25, 0.3) is 5.56 Å². The van der Waals surface area contributed by atoms with E-state index in [2.05, 4.69) is 20.4 Å². The third-order valence-corrected chi connectivity index (χ3v) is 5.52. The first kappa shape index (κ1) is 20.3. The summed E-state index contributed by atoms with van der Waals surface area (Å²) in [5, 5.41) is 11.4. The van der Waals surface area contributed by atoms with Crippen LogP contribution in [0.1, 0.15) is 32.1 Å². The van der Waals surface area contributed by atoms with E-state index in [1.807, 2.05) is 30.3 Å². The second-order valence-electron chi connectivity index (χ2n) is 7.78. The van der Waals surface area contributed by atoms with Crippen LogP contribution in [0.25, 0.3) is 16.8 Å². The van der Waals surface area contributed by atoms with Gasteiger partial charge in [-0.25, -0.2) is 9.20 Å². The molecule has 158 valence electrons. The van der Waals surface area contributed by atoms with E-state index in [1.54, 1.807) is 6.07 Å². The molecule has 0 saturated carbocycles. The summed E-state index contributed by atoms with van der Waals surface area (Å²) < 4.78 is 2.65. The molecule has 1 N–H and O–H groups in total.